The summed E-state index contributed by atoms with van der Waals surface area (Å²) in [7, 11) is 0. The number of hydrogen-bond donors (Lipinski definition) is 1. The van der Waals surface area contributed by atoms with Crippen LogP contribution >= 0.6 is 0 Å². The smallest absolute Gasteiger partial charge is 0.255 e. The quantitative estimate of drug-likeness (QED) is 0.547. The van der Waals surface area contributed by atoms with Crippen molar-refractivity contribution in [1.29, 1.82) is 0 Å². The summed E-state index contributed by atoms with van der Waals surface area (Å²) in [6, 6.07) is 13.3. The van der Waals surface area contributed by atoms with Gasteiger partial charge in [0.25, 0.3) is 5.91 Å². The largest absolute Gasteiger partial charge is 0.494 e. The van der Waals surface area contributed by atoms with Crippen LogP contribution in [0.3, 0.4) is 0 Å². The fraction of sp³-hybridized carbons (Fsp3) is 0.0952. The number of fused-ring (bicyclic) bond motifs is 1. The van der Waals surface area contributed by atoms with Crippen molar-refractivity contribution in [3.05, 3.63) is 78.0 Å². The molecule has 0 saturated heterocycles. The summed E-state index contributed by atoms with van der Waals surface area (Å²) in [6.07, 6.45) is 1.58. The van der Waals surface area contributed by atoms with Crippen LogP contribution in [0.4, 0.5) is 14.5 Å². The monoisotopic (exact) mass is 394 g/mol. The number of halogens is 2. The van der Waals surface area contributed by atoms with Crippen LogP contribution in [0, 0.1) is 11.6 Å². The molecule has 0 radical (unpaired) electrons. The molecule has 6 nitrogen and oxygen atoms in total. The number of rotatable bonds is 5. The van der Waals surface area contributed by atoms with Crippen LogP contribution in [0.1, 0.15) is 17.3 Å². The van der Waals surface area contributed by atoms with Crippen LogP contribution in [-0.2, 0) is 0 Å². The molecule has 2 aromatic heterocycles. The van der Waals surface area contributed by atoms with Crippen molar-refractivity contribution in [3.63, 3.8) is 0 Å². The maximum absolute atomic E-state index is 13.5. The molecule has 0 aliphatic carbocycles. The van der Waals surface area contributed by atoms with Crippen molar-refractivity contribution in [2.75, 3.05) is 11.9 Å². The third-order valence-corrected chi connectivity index (χ3v) is 4.22. The molecule has 146 valence electrons. The summed E-state index contributed by atoms with van der Waals surface area (Å²) in [6.45, 7) is 2.46. The van der Waals surface area contributed by atoms with E-state index >= 15 is 0 Å². The van der Waals surface area contributed by atoms with Gasteiger partial charge in [-0.2, -0.15) is 0 Å². The molecular weight excluding hydrogens is 378 g/mol. The number of ether oxygens (including phenoxy) is 1. The van der Waals surface area contributed by atoms with E-state index in [9.17, 15) is 13.6 Å². The lowest BCUT2D eigenvalue weighted by atomic mass is 10.2. The maximum atomic E-state index is 13.5. The highest BCUT2D eigenvalue weighted by molar-refractivity contribution is 6.04. The van der Waals surface area contributed by atoms with Gasteiger partial charge in [0.15, 0.2) is 11.5 Å². The van der Waals surface area contributed by atoms with Gasteiger partial charge in [-0.05, 0) is 55.5 Å². The van der Waals surface area contributed by atoms with Gasteiger partial charge in [0.2, 0.25) is 0 Å². The van der Waals surface area contributed by atoms with Crippen LogP contribution in [0.2, 0.25) is 0 Å². The van der Waals surface area contributed by atoms with E-state index in [-0.39, 0.29) is 17.3 Å². The number of nitrogens with one attached hydrogen (secondary N) is 1. The lowest BCUT2D eigenvalue weighted by Crippen LogP contribution is -2.12. The number of pyridine rings is 1. The zero-order valence-electron chi connectivity index (χ0n) is 15.4. The van der Waals surface area contributed by atoms with Crippen molar-refractivity contribution in [2.24, 2.45) is 0 Å². The molecule has 0 atom stereocenters. The molecule has 1 amide bonds. The van der Waals surface area contributed by atoms with Crippen molar-refractivity contribution in [3.8, 4) is 17.1 Å². The molecule has 8 heteroatoms. The molecule has 29 heavy (non-hydrogen) atoms. The fourth-order valence-electron chi connectivity index (χ4n) is 2.92. The molecule has 2 heterocycles. The van der Waals surface area contributed by atoms with Crippen LogP contribution < -0.4 is 10.1 Å². The molecule has 1 N–H and O–H groups in total. The Bertz CT molecular complexity index is 1170. The molecular formula is C21H16F2N4O2. The Kier molecular flexibility index (Phi) is 4.90. The summed E-state index contributed by atoms with van der Waals surface area (Å²) in [5, 5.41) is 10.8. The van der Waals surface area contributed by atoms with Gasteiger partial charge in [0.1, 0.15) is 17.4 Å². The van der Waals surface area contributed by atoms with Gasteiger partial charge in [-0.25, -0.2) is 8.78 Å². The number of hydrogen-bond acceptors (Lipinski definition) is 4. The average molecular weight is 394 g/mol. The summed E-state index contributed by atoms with van der Waals surface area (Å²) < 4.78 is 33.9. The Morgan fingerprint density at radius 1 is 1.03 bits per heavy atom. The SMILES string of the molecule is CCOc1ccc(NC(=O)c2ccn3c(-c4cc(F)cc(F)c4)nnc3c2)cc1. The van der Waals surface area contributed by atoms with E-state index in [0.29, 0.717) is 23.5 Å². The van der Waals surface area contributed by atoms with Gasteiger partial charge in [0.05, 0.1) is 6.61 Å². The predicted molar refractivity (Wildman–Crippen MR) is 104 cm³/mol. The normalized spacial score (nSPS) is 10.9. The van der Waals surface area contributed by atoms with Crippen LogP contribution in [0.15, 0.2) is 60.8 Å². The molecule has 0 unspecified atom stereocenters. The number of carbonyl (C=O) groups is 1. The molecule has 0 fully saturated rings. The highest BCUT2D eigenvalue weighted by Crippen LogP contribution is 2.22. The fourth-order valence-corrected chi connectivity index (χ4v) is 2.92. The van der Waals surface area contributed by atoms with Crippen molar-refractivity contribution < 1.29 is 18.3 Å². The summed E-state index contributed by atoms with van der Waals surface area (Å²) in [4.78, 5) is 12.5. The molecule has 2 aromatic carbocycles. The Morgan fingerprint density at radius 3 is 2.45 bits per heavy atom. The van der Waals surface area contributed by atoms with E-state index in [1.807, 2.05) is 6.92 Å². The van der Waals surface area contributed by atoms with Gasteiger partial charge in [-0.1, -0.05) is 0 Å². The Balaban J connectivity index is 1.58. The number of benzene rings is 2. The minimum atomic E-state index is -0.705. The third kappa shape index (κ3) is 3.91. The first-order valence-electron chi connectivity index (χ1n) is 8.89. The second-order valence-corrected chi connectivity index (χ2v) is 6.24. The molecule has 0 aliphatic heterocycles. The summed E-state index contributed by atoms with van der Waals surface area (Å²) >= 11 is 0. The summed E-state index contributed by atoms with van der Waals surface area (Å²) in [5.41, 5.74) is 1.62. The number of carbonyl (C=O) groups excluding carboxylic acids is 1. The van der Waals surface area contributed by atoms with Gasteiger partial charge in [0, 0.05) is 29.1 Å². The number of nitrogens with zero attached hydrogens (tertiary/aromatic N) is 3. The van der Waals surface area contributed by atoms with Crippen molar-refractivity contribution >= 4 is 17.2 Å². The van der Waals surface area contributed by atoms with E-state index in [1.165, 1.54) is 12.1 Å². The summed E-state index contributed by atoms with van der Waals surface area (Å²) in [5.74, 6) is -0.738. The molecule has 0 saturated carbocycles. The van der Waals surface area contributed by atoms with E-state index in [4.69, 9.17) is 4.74 Å². The lowest BCUT2D eigenvalue weighted by Gasteiger charge is -2.08. The highest BCUT2D eigenvalue weighted by atomic mass is 19.1. The van der Waals surface area contributed by atoms with E-state index in [0.717, 1.165) is 11.8 Å². The third-order valence-electron chi connectivity index (χ3n) is 4.22. The number of aromatic nitrogens is 3. The Morgan fingerprint density at radius 2 is 1.76 bits per heavy atom. The zero-order chi connectivity index (χ0) is 20.4. The standard InChI is InChI=1S/C21H16F2N4O2/c1-2-29-18-5-3-17(4-6-18)24-21(28)13-7-8-27-19(11-13)25-26-20(27)14-9-15(22)12-16(23)10-14/h3-12H,2H2,1H3,(H,24,28). The topological polar surface area (TPSA) is 68.5 Å². The first-order valence-corrected chi connectivity index (χ1v) is 8.89. The number of anilines is 1. The second kappa shape index (κ2) is 7.67. The van der Waals surface area contributed by atoms with Gasteiger partial charge in [-0.15, -0.1) is 10.2 Å². The van der Waals surface area contributed by atoms with Crippen molar-refractivity contribution in [2.45, 2.75) is 6.92 Å². The molecule has 4 rings (SSSR count). The Labute approximate surface area is 164 Å². The van der Waals surface area contributed by atoms with E-state index in [1.54, 1.807) is 47.0 Å². The first kappa shape index (κ1) is 18.5. The van der Waals surface area contributed by atoms with Crippen LogP contribution in [0.5, 0.6) is 5.75 Å². The minimum Gasteiger partial charge on any atom is -0.494 e. The minimum absolute atomic E-state index is 0.251. The second-order valence-electron chi connectivity index (χ2n) is 6.24. The lowest BCUT2D eigenvalue weighted by molar-refractivity contribution is 0.102. The zero-order valence-corrected chi connectivity index (χ0v) is 15.4. The van der Waals surface area contributed by atoms with Crippen LogP contribution in [-0.4, -0.2) is 27.1 Å². The van der Waals surface area contributed by atoms with Crippen molar-refractivity contribution in [1.82, 2.24) is 14.6 Å². The Hall–Kier alpha value is -3.81. The van der Waals surface area contributed by atoms with E-state index < -0.39 is 11.6 Å². The van der Waals surface area contributed by atoms with Gasteiger partial charge < -0.3 is 10.1 Å². The molecule has 0 bridgehead atoms. The maximum Gasteiger partial charge on any atom is 0.255 e. The number of amides is 1. The van der Waals surface area contributed by atoms with Gasteiger partial charge >= 0.3 is 0 Å². The van der Waals surface area contributed by atoms with E-state index in [2.05, 4.69) is 15.5 Å². The van der Waals surface area contributed by atoms with Gasteiger partial charge in [-0.3, -0.25) is 9.20 Å². The van der Waals surface area contributed by atoms with Crippen LogP contribution in [0.25, 0.3) is 17.0 Å². The highest BCUT2D eigenvalue weighted by Gasteiger charge is 2.13. The predicted octanol–water partition coefficient (Wildman–Crippen LogP) is 4.33. The molecule has 0 spiro atoms. The molecule has 4 aromatic rings. The molecule has 0 aliphatic rings. The average Bonchev–Trinajstić information content (AvgIpc) is 3.12. The first-order chi connectivity index (χ1) is 14.0.